The lowest BCUT2D eigenvalue weighted by molar-refractivity contribution is -0.115. The topological polar surface area (TPSA) is 38.3 Å². The molecule has 0 atom stereocenters. The predicted molar refractivity (Wildman–Crippen MR) is 101 cm³/mol. The highest BCUT2D eigenvalue weighted by molar-refractivity contribution is 8.26. The van der Waals surface area contributed by atoms with E-state index in [0.717, 1.165) is 22.1 Å². The molecule has 0 aliphatic carbocycles. The van der Waals surface area contributed by atoms with Crippen molar-refractivity contribution in [2.24, 2.45) is 5.92 Å². The molecule has 0 spiro atoms. The molecule has 0 unspecified atom stereocenters. The first-order chi connectivity index (χ1) is 11.0. The molecule has 1 aliphatic heterocycles. The highest BCUT2D eigenvalue weighted by Gasteiger charge is 2.22. The molecular weight excluding hydrogens is 326 g/mol. The summed E-state index contributed by atoms with van der Waals surface area (Å²) < 4.78 is 6.42. The van der Waals surface area contributed by atoms with Crippen LogP contribution in [-0.4, -0.2) is 16.8 Å². The number of thioether (sulfide) groups is 1. The molecule has 1 fully saturated rings. The lowest BCUT2D eigenvalue weighted by Gasteiger charge is -2.13. The highest BCUT2D eigenvalue weighted by Crippen LogP contribution is 2.32. The maximum atomic E-state index is 11.9. The number of carbonyl (C=O) groups excluding carboxylic acids is 1. The largest absolute Gasteiger partial charge is 0.493 e. The van der Waals surface area contributed by atoms with Gasteiger partial charge in [-0.15, -0.1) is 0 Å². The van der Waals surface area contributed by atoms with E-state index in [1.807, 2.05) is 42.5 Å². The lowest BCUT2D eigenvalue weighted by Crippen LogP contribution is -2.17. The fourth-order valence-electron chi connectivity index (χ4n) is 2.37. The summed E-state index contributed by atoms with van der Waals surface area (Å²) in [5, 5.41) is 4.75. The second kappa shape index (κ2) is 6.72. The number of thiocarbonyl (C=S) groups is 1. The molecule has 3 nitrogen and oxygen atoms in total. The van der Waals surface area contributed by atoms with Crippen molar-refractivity contribution in [3.05, 3.63) is 46.9 Å². The summed E-state index contributed by atoms with van der Waals surface area (Å²) in [6.07, 6.45) is 1.88. The first-order valence-corrected chi connectivity index (χ1v) is 8.66. The normalized spacial score (nSPS) is 16.4. The van der Waals surface area contributed by atoms with Crippen LogP contribution in [0, 0.1) is 5.92 Å². The maximum Gasteiger partial charge on any atom is 0.263 e. The Bertz CT molecular complexity index is 812. The number of ether oxygens (including phenoxy) is 1. The van der Waals surface area contributed by atoms with Gasteiger partial charge in [0, 0.05) is 5.39 Å². The summed E-state index contributed by atoms with van der Waals surface area (Å²) >= 11 is 6.33. The number of hydrogen-bond acceptors (Lipinski definition) is 4. The van der Waals surface area contributed by atoms with Gasteiger partial charge in [-0.3, -0.25) is 4.79 Å². The minimum absolute atomic E-state index is 0.135. The average Bonchev–Trinajstić information content (AvgIpc) is 2.84. The van der Waals surface area contributed by atoms with E-state index in [0.29, 0.717) is 21.8 Å². The van der Waals surface area contributed by atoms with Crippen LogP contribution in [0.2, 0.25) is 0 Å². The van der Waals surface area contributed by atoms with Gasteiger partial charge in [-0.2, -0.15) is 0 Å². The molecule has 1 saturated heterocycles. The molecule has 2 aromatic carbocycles. The molecule has 5 heteroatoms. The smallest absolute Gasteiger partial charge is 0.263 e. The summed E-state index contributed by atoms with van der Waals surface area (Å²) in [4.78, 5) is 12.5. The van der Waals surface area contributed by atoms with Crippen LogP contribution in [0.1, 0.15) is 19.4 Å². The SMILES string of the molecule is CC(C)COc1ccc(/C=C2/SC(=S)NC2=O)c2ccccc12. The molecule has 118 valence electrons. The molecule has 23 heavy (non-hydrogen) atoms. The molecule has 3 rings (SSSR count). The van der Waals surface area contributed by atoms with Gasteiger partial charge in [0.15, 0.2) is 0 Å². The minimum Gasteiger partial charge on any atom is -0.493 e. The fourth-order valence-corrected chi connectivity index (χ4v) is 3.40. The number of amides is 1. The summed E-state index contributed by atoms with van der Waals surface area (Å²) in [7, 11) is 0. The second-order valence-electron chi connectivity index (χ2n) is 5.76. The number of rotatable bonds is 4. The van der Waals surface area contributed by atoms with Crippen molar-refractivity contribution in [3.8, 4) is 5.75 Å². The van der Waals surface area contributed by atoms with Crippen LogP contribution in [0.15, 0.2) is 41.3 Å². The zero-order valence-electron chi connectivity index (χ0n) is 13.0. The van der Waals surface area contributed by atoms with Crippen LogP contribution in [0.25, 0.3) is 16.8 Å². The predicted octanol–water partition coefficient (Wildman–Crippen LogP) is 4.36. The van der Waals surface area contributed by atoms with Crippen molar-refractivity contribution in [2.75, 3.05) is 6.61 Å². The summed E-state index contributed by atoms with van der Waals surface area (Å²) in [5.41, 5.74) is 0.986. The minimum atomic E-state index is -0.135. The second-order valence-corrected chi connectivity index (χ2v) is 7.47. The van der Waals surface area contributed by atoms with Crippen molar-refractivity contribution >= 4 is 51.1 Å². The average molecular weight is 343 g/mol. The molecule has 1 aliphatic rings. The van der Waals surface area contributed by atoms with Crippen molar-refractivity contribution in [3.63, 3.8) is 0 Å². The monoisotopic (exact) mass is 343 g/mol. The summed E-state index contributed by atoms with van der Waals surface area (Å²) in [6, 6.07) is 12.0. The van der Waals surface area contributed by atoms with Gasteiger partial charge in [0.05, 0.1) is 11.5 Å². The molecule has 1 amide bonds. The molecule has 2 aromatic rings. The Hall–Kier alpha value is -1.85. The number of fused-ring (bicyclic) bond motifs is 1. The van der Waals surface area contributed by atoms with Crippen molar-refractivity contribution < 1.29 is 9.53 Å². The van der Waals surface area contributed by atoms with E-state index in [1.54, 1.807) is 0 Å². The Balaban J connectivity index is 2.03. The van der Waals surface area contributed by atoms with E-state index in [-0.39, 0.29) is 5.91 Å². The summed E-state index contributed by atoms with van der Waals surface area (Å²) in [5.74, 6) is 1.20. The lowest BCUT2D eigenvalue weighted by atomic mass is 10.0. The van der Waals surface area contributed by atoms with Crippen molar-refractivity contribution in [1.29, 1.82) is 0 Å². The van der Waals surface area contributed by atoms with E-state index in [1.165, 1.54) is 11.8 Å². The van der Waals surface area contributed by atoms with E-state index >= 15 is 0 Å². The van der Waals surface area contributed by atoms with Crippen LogP contribution in [0.5, 0.6) is 5.75 Å². The number of carbonyl (C=O) groups is 1. The Labute approximate surface area is 145 Å². The number of hydrogen-bond donors (Lipinski definition) is 1. The third kappa shape index (κ3) is 3.57. The van der Waals surface area contributed by atoms with Gasteiger partial charge in [-0.1, -0.05) is 68.2 Å². The Morgan fingerprint density at radius 1 is 1.22 bits per heavy atom. The Morgan fingerprint density at radius 2 is 1.96 bits per heavy atom. The molecule has 0 saturated carbocycles. The van der Waals surface area contributed by atoms with Gasteiger partial charge in [0.1, 0.15) is 10.1 Å². The quantitative estimate of drug-likeness (QED) is 0.661. The Morgan fingerprint density at radius 3 is 2.61 bits per heavy atom. The molecule has 0 aromatic heterocycles. The molecule has 0 bridgehead atoms. The van der Waals surface area contributed by atoms with Gasteiger partial charge in [-0.05, 0) is 29.0 Å². The first-order valence-electron chi connectivity index (χ1n) is 7.44. The molecule has 0 radical (unpaired) electrons. The van der Waals surface area contributed by atoms with E-state index in [4.69, 9.17) is 17.0 Å². The van der Waals surface area contributed by atoms with Gasteiger partial charge in [0.25, 0.3) is 5.91 Å². The zero-order chi connectivity index (χ0) is 16.4. The number of benzene rings is 2. The third-order valence-corrected chi connectivity index (χ3v) is 4.58. The molecule has 1 N–H and O–H groups in total. The van der Waals surface area contributed by atoms with E-state index < -0.39 is 0 Å². The third-order valence-electron chi connectivity index (χ3n) is 3.42. The standard InChI is InChI=1S/C18H17NO2S2/c1-11(2)10-21-15-8-7-12(13-5-3-4-6-14(13)15)9-16-17(20)19-18(22)23-16/h3-9,11H,10H2,1-2H3,(H,19,20,22)/b16-9+. The van der Waals surface area contributed by atoms with Crippen LogP contribution < -0.4 is 10.1 Å². The van der Waals surface area contributed by atoms with Gasteiger partial charge in [0.2, 0.25) is 0 Å². The fraction of sp³-hybridized carbons (Fsp3) is 0.222. The zero-order valence-corrected chi connectivity index (χ0v) is 14.6. The summed E-state index contributed by atoms with van der Waals surface area (Å²) in [6.45, 7) is 4.93. The van der Waals surface area contributed by atoms with E-state index in [2.05, 4.69) is 19.2 Å². The maximum absolute atomic E-state index is 11.9. The van der Waals surface area contributed by atoms with Crippen LogP contribution in [0.4, 0.5) is 0 Å². The Kier molecular flexibility index (Phi) is 4.68. The molecular formula is C18H17NO2S2. The van der Waals surface area contributed by atoms with Crippen LogP contribution >= 0.6 is 24.0 Å². The van der Waals surface area contributed by atoms with Crippen LogP contribution in [0.3, 0.4) is 0 Å². The highest BCUT2D eigenvalue weighted by atomic mass is 32.2. The van der Waals surface area contributed by atoms with Crippen molar-refractivity contribution in [2.45, 2.75) is 13.8 Å². The first kappa shape index (κ1) is 16.0. The van der Waals surface area contributed by atoms with Crippen molar-refractivity contribution in [1.82, 2.24) is 5.32 Å². The van der Waals surface area contributed by atoms with Crippen LogP contribution in [-0.2, 0) is 4.79 Å². The van der Waals surface area contributed by atoms with Gasteiger partial charge in [-0.25, -0.2) is 0 Å². The van der Waals surface area contributed by atoms with Gasteiger partial charge >= 0.3 is 0 Å². The van der Waals surface area contributed by atoms with Gasteiger partial charge < -0.3 is 10.1 Å². The number of nitrogens with one attached hydrogen (secondary N) is 1. The molecule has 1 heterocycles. The van der Waals surface area contributed by atoms with E-state index in [9.17, 15) is 4.79 Å².